The van der Waals surface area contributed by atoms with Gasteiger partial charge in [0.25, 0.3) is 0 Å². The summed E-state index contributed by atoms with van der Waals surface area (Å²) in [5.74, 6) is -0.164. The number of carboxylic acid groups (broad SMARTS) is 1. The SMILES string of the molecule is CC(O)CC1(C(=O)O)COc2ccccc2C1. The minimum atomic E-state index is -1.01. The second-order valence-electron chi connectivity index (χ2n) is 4.71. The monoisotopic (exact) mass is 236 g/mol. The number of hydrogen-bond donors (Lipinski definition) is 2. The third-order valence-electron chi connectivity index (χ3n) is 3.15. The van der Waals surface area contributed by atoms with E-state index in [0.717, 1.165) is 11.3 Å². The van der Waals surface area contributed by atoms with Crippen molar-refractivity contribution in [3.63, 3.8) is 0 Å². The molecule has 17 heavy (non-hydrogen) atoms. The van der Waals surface area contributed by atoms with Crippen LogP contribution in [0.3, 0.4) is 0 Å². The first-order valence-electron chi connectivity index (χ1n) is 5.66. The Labute approximate surface area is 99.8 Å². The molecule has 0 aliphatic carbocycles. The van der Waals surface area contributed by atoms with Gasteiger partial charge < -0.3 is 14.9 Å². The maximum absolute atomic E-state index is 11.4. The topological polar surface area (TPSA) is 66.8 Å². The van der Waals surface area contributed by atoms with Gasteiger partial charge >= 0.3 is 5.97 Å². The van der Waals surface area contributed by atoms with Crippen LogP contribution in [-0.4, -0.2) is 28.9 Å². The Hall–Kier alpha value is -1.55. The van der Waals surface area contributed by atoms with E-state index in [1.807, 2.05) is 24.3 Å². The van der Waals surface area contributed by atoms with Crippen molar-refractivity contribution in [3.8, 4) is 5.75 Å². The zero-order chi connectivity index (χ0) is 12.5. The highest BCUT2D eigenvalue weighted by atomic mass is 16.5. The molecular formula is C13H16O4. The highest BCUT2D eigenvalue weighted by Gasteiger charge is 2.43. The van der Waals surface area contributed by atoms with Crippen molar-refractivity contribution in [1.29, 1.82) is 0 Å². The van der Waals surface area contributed by atoms with E-state index in [0.29, 0.717) is 6.42 Å². The lowest BCUT2D eigenvalue weighted by Gasteiger charge is -2.35. The predicted octanol–water partition coefficient (Wildman–Crippen LogP) is 1.46. The second-order valence-corrected chi connectivity index (χ2v) is 4.71. The molecule has 2 rings (SSSR count). The first-order chi connectivity index (χ1) is 8.03. The average molecular weight is 236 g/mol. The number of benzene rings is 1. The molecule has 92 valence electrons. The predicted molar refractivity (Wildman–Crippen MR) is 62.0 cm³/mol. The van der Waals surface area contributed by atoms with Crippen molar-refractivity contribution >= 4 is 5.97 Å². The summed E-state index contributed by atoms with van der Waals surface area (Å²) in [7, 11) is 0. The van der Waals surface area contributed by atoms with E-state index in [2.05, 4.69) is 0 Å². The van der Waals surface area contributed by atoms with Crippen LogP contribution in [0.25, 0.3) is 0 Å². The summed E-state index contributed by atoms with van der Waals surface area (Å²) in [4.78, 5) is 11.4. The number of aliphatic hydroxyl groups is 1. The van der Waals surface area contributed by atoms with E-state index < -0.39 is 17.5 Å². The number of aliphatic hydroxyl groups excluding tert-OH is 1. The molecule has 0 radical (unpaired) electrons. The number of carboxylic acids is 1. The molecule has 0 saturated heterocycles. The van der Waals surface area contributed by atoms with Gasteiger partial charge in [-0.25, -0.2) is 0 Å². The number of carbonyl (C=O) groups is 1. The number of fused-ring (bicyclic) bond motifs is 1. The average Bonchev–Trinajstić information content (AvgIpc) is 2.27. The molecule has 0 amide bonds. The van der Waals surface area contributed by atoms with Gasteiger partial charge in [0.2, 0.25) is 0 Å². The minimum Gasteiger partial charge on any atom is -0.492 e. The quantitative estimate of drug-likeness (QED) is 0.833. The molecule has 0 aromatic heterocycles. The molecule has 1 aromatic rings. The second kappa shape index (κ2) is 4.37. The summed E-state index contributed by atoms with van der Waals surface area (Å²) in [6.45, 7) is 1.72. The highest BCUT2D eigenvalue weighted by Crippen LogP contribution is 2.37. The van der Waals surface area contributed by atoms with Crippen molar-refractivity contribution in [3.05, 3.63) is 29.8 Å². The van der Waals surface area contributed by atoms with E-state index in [1.165, 1.54) is 0 Å². The maximum atomic E-state index is 11.4. The summed E-state index contributed by atoms with van der Waals surface area (Å²) < 4.78 is 5.51. The van der Waals surface area contributed by atoms with Crippen LogP contribution < -0.4 is 4.74 Å². The molecule has 4 nitrogen and oxygen atoms in total. The van der Waals surface area contributed by atoms with Gasteiger partial charge in [0.1, 0.15) is 17.8 Å². The Kier molecular flexibility index (Phi) is 3.07. The number of hydrogen-bond acceptors (Lipinski definition) is 3. The standard InChI is InChI=1S/C13H16O4/c1-9(14)6-13(12(15)16)7-10-4-2-3-5-11(10)17-8-13/h2-5,9,14H,6-8H2,1H3,(H,15,16). The van der Waals surface area contributed by atoms with E-state index in [1.54, 1.807) is 6.92 Å². The highest BCUT2D eigenvalue weighted by molar-refractivity contribution is 5.76. The third-order valence-corrected chi connectivity index (χ3v) is 3.15. The molecule has 0 spiro atoms. The number of aliphatic carboxylic acids is 1. The summed E-state index contributed by atoms with van der Waals surface area (Å²) in [5.41, 5.74) is -0.121. The fourth-order valence-corrected chi connectivity index (χ4v) is 2.34. The van der Waals surface area contributed by atoms with Crippen LogP contribution >= 0.6 is 0 Å². The molecule has 1 aliphatic rings. The van der Waals surface area contributed by atoms with Gasteiger partial charge in [-0.2, -0.15) is 0 Å². The minimum absolute atomic E-state index is 0.115. The van der Waals surface area contributed by atoms with E-state index in [9.17, 15) is 15.0 Å². The van der Waals surface area contributed by atoms with Crippen molar-refractivity contribution in [1.82, 2.24) is 0 Å². The molecule has 1 aromatic carbocycles. The molecule has 4 heteroatoms. The van der Waals surface area contributed by atoms with E-state index in [4.69, 9.17) is 4.74 Å². The van der Waals surface area contributed by atoms with Crippen LogP contribution in [0.2, 0.25) is 0 Å². The smallest absolute Gasteiger partial charge is 0.313 e. The first-order valence-corrected chi connectivity index (χ1v) is 5.66. The molecule has 1 heterocycles. The van der Waals surface area contributed by atoms with E-state index >= 15 is 0 Å². The Morgan fingerprint density at radius 2 is 2.24 bits per heavy atom. The molecule has 0 fully saturated rings. The lowest BCUT2D eigenvalue weighted by Crippen LogP contribution is -2.44. The number of para-hydroxylation sites is 1. The number of ether oxygens (including phenoxy) is 1. The van der Waals surface area contributed by atoms with Gasteiger partial charge in [-0.15, -0.1) is 0 Å². The van der Waals surface area contributed by atoms with Crippen LogP contribution in [0.5, 0.6) is 5.75 Å². The Bertz CT molecular complexity index is 427. The first kappa shape index (κ1) is 11.9. The molecule has 0 saturated carbocycles. The van der Waals surface area contributed by atoms with Gasteiger partial charge in [-0.3, -0.25) is 4.79 Å². The summed E-state index contributed by atoms with van der Waals surface area (Å²) in [5, 5.41) is 18.8. The Morgan fingerprint density at radius 1 is 1.53 bits per heavy atom. The Morgan fingerprint density at radius 3 is 2.88 bits per heavy atom. The molecule has 2 unspecified atom stereocenters. The van der Waals surface area contributed by atoms with Crippen LogP contribution in [0.4, 0.5) is 0 Å². The summed E-state index contributed by atoms with van der Waals surface area (Å²) in [6.07, 6.45) is -0.0416. The largest absolute Gasteiger partial charge is 0.492 e. The molecular weight excluding hydrogens is 220 g/mol. The van der Waals surface area contributed by atoms with Gasteiger partial charge in [0.15, 0.2) is 0 Å². The van der Waals surface area contributed by atoms with Crippen molar-refractivity contribution in [2.24, 2.45) is 5.41 Å². The molecule has 2 atom stereocenters. The van der Waals surface area contributed by atoms with Gasteiger partial charge in [-0.1, -0.05) is 18.2 Å². The van der Waals surface area contributed by atoms with Crippen molar-refractivity contribution in [2.75, 3.05) is 6.61 Å². The van der Waals surface area contributed by atoms with Gasteiger partial charge in [0.05, 0.1) is 6.10 Å². The summed E-state index contributed by atoms with van der Waals surface area (Å²) in [6, 6.07) is 7.43. The lowest BCUT2D eigenvalue weighted by molar-refractivity contribution is -0.154. The summed E-state index contributed by atoms with van der Waals surface area (Å²) >= 11 is 0. The lowest BCUT2D eigenvalue weighted by atomic mass is 9.76. The molecule has 2 N–H and O–H groups in total. The van der Waals surface area contributed by atoms with Gasteiger partial charge in [-0.05, 0) is 31.4 Å². The van der Waals surface area contributed by atoms with Crippen molar-refractivity contribution < 1.29 is 19.7 Å². The maximum Gasteiger partial charge on any atom is 0.313 e. The normalized spacial score (nSPS) is 24.6. The molecule has 1 aliphatic heterocycles. The fourth-order valence-electron chi connectivity index (χ4n) is 2.34. The zero-order valence-corrected chi connectivity index (χ0v) is 9.72. The third kappa shape index (κ3) is 2.26. The zero-order valence-electron chi connectivity index (χ0n) is 9.72. The van der Waals surface area contributed by atoms with Crippen LogP contribution in [0.15, 0.2) is 24.3 Å². The van der Waals surface area contributed by atoms with Crippen molar-refractivity contribution in [2.45, 2.75) is 25.9 Å². The van der Waals surface area contributed by atoms with Crippen LogP contribution in [0, 0.1) is 5.41 Å². The number of rotatable bonds is 3. The van der Waals surface area contributed by atoms with Crippen LogP contribution in [0.1, 0.15) is 18.9 Å². The van der Waals surface area contributed by atoms with Crippen LogP contribution in [-0.2, 0) is 11.2 Å². The Balaban J connectivity index is 2.31. The molecule has 0 bridgehead atoms. The van der Waals surface area contributed by atoms with E-state index in [-0.39, 0.29) is 13.0 Å². The van der Waals surface area contributed by atoms with Gasteiger partial charge in [0, 0.05) is 0 Å². The fraction of sp³-hybridized carbons (Fsp3) is 0.462.